The number of hydrogen-bond acceptors (Lipinski definition) is 1. The van der Waals surface area contributed by atoms with Crippen LogP contribution in [0.15, 0.2) is 0 Å². The van der Waals surface area contributed by atoms with Gasteiger partial charge in [0.2, 0.25) is 0 Å². The van der Waals surface area contributed by atoms with Crippen LogP contribution in [0.5, 0.6) is 0 Å². The summed E-state index contributed by atoms with van der Waals surface area (Å²) in [5, 5.41) is 0. The van der Waals surface area contributed by atoms with Gasteiger partial charge in [-0.1, -0.05) is 0 Å². The van der Waals surface area contributed by atoms with Crippen molar-refractivity contribution in [1.82, 2.24) is 0 Å². The molecule has 6 heteroatoms. The first-order valence-corrected chi connectivity index (χ1v) is 0.926. The molecule has 0 bridgehead atoms. The molecule has 0 radical (unpaired) electrons. The maximum atomic E-state index is 4.26. The molecule has 1 nitrogen and oxygen atoms in total. The van der Waals surface area contributed by atoms with Crippen LogP contribution in [0.2, 0.25) is 0 Å². The number of hydrogen-bond donors (Lipinski definition) is 0. The third kappa shape index (κ3) is 26.5. The summed E-state index contributed by atoms with van der Waals surface area (Å²) >= 11 is 8.53. The fraction of sp³-hybridized carbons (Fsp3) is 0. The summed E-state index contributed by atoms with van der Waals surface area (Å²) in [6.07, 6.45) is 0. The topological polar surface area (TPSA) is 9.23 Å². The average molecular weight is 182 g/mol. The zero-order valence-electron chi connectivity index (χ0n) is 9.29. The van der Waals surface area contributed by atoms with Crippen molar-refractivity contribution in [1.29, 1.82) is 0 Å². The van der Waals surface area contributed by atoms with E-state index < -0.39 is 0 Å². The Kier molecular flexibility index (Phi) is 90.6. The van der Waals surface area contributed by atoms with E-state index in [0.717, 1.165) is 0 Å². The van der Waals surface area contributed by atoms with Crippen LogP contribution in [0.25, 0.3) is 0 Å². The van der Waals surface area contributed by atoms with Crippen LogP contribution in [-0.2, 0) is 3.84 Å². The monoisotopic (exact) mass is 180 g/mol. The van der Waals surface area contributed by atoms with Gasteiger partial charge in [0.1, 0.15) is 0 Å². The minimum Gasteiger partial charge on any atom is -1.00 e. The van der Waals surface area contributed by atoms with Crippen LogP contribution in [0, 0.1) is 0 Å². The molecule has 32 valence electrons. The van der Waals surface area contributed by atoms with E-state index in [-0.39, 0.29) is 92.4 Å². The van der Waals surface area contributed by atoms with Crippen LogP contribution >= 0.6 is 23.7 Å². The van der Waals surface area contributed by atoms with Crippen LogP contribution in [0.1, 0.15) is 8.56 Å². The Bertz CT molecular complexity index is 23.5. The smallest absolute Gasteiger partial charge is 1.00 e. The SMILES string of the molecule is ClOCl.[Ca+2].[H-].[H-].[H-].[H-].[H-].[H-].[Mg+2].[Mg+2]. The predicted octanol–water partition coefficient (Wildman–Crippen LogP) is 0.843. The molecule has 0 aliphatic carbocycles. The van der Waals surface area contributed by atoms with Gasteiger partial charge in [-0.25, -0.2) is 0 Å². The summed E-state index contributed by atoms with van der Waals surface area (Å²) in [5.74, 6) is 0. The normalized spacial score (nSPS) is 3.00. The van der Waals surface area contributed by atoms with Crippen LogP contribution < -0.4 is 0 Å². The first-order chi connectivity index (χ1) is 1.41. The van der Waals surface area contributed by atoms with Crippen molar-refractivity contribution in [3.63, 3.8) is 0 Å². The fourth-order valence-electron chi connectivity index (χ4n) is 0. The van der Waals surface area contributed by atoms with Gasteiger partial charge in [0.25, 0.3) is 0 Å². The van der Waals surface area contributed by atoms with Crippen molar-refractivity contribution >= 4 is 108 Å². The second kappa shape index (κ2) is 23.9. The summed E-state index contributed by atoms with van der Waals surface area (Å²) in [6, 6.07) is 0. The molecule has 0 amide bonds. The van der Waals surface area contributed by atoms with Gasteiger partial charge in [0.15, 0.2) is 0 Å². The quantitative estimate of drug-likeness (QED) is 0.504. The Morgan fingerprint density at radius 2 is 1.17 bits per heavy atom. The molecule has 0 atom stereocenters. The summed E-state index contributed by atoms with van der Waals surface area (Å²) < 4.78 is 3.19. The zero-order valence-corrected chi connectivity index (χ0v) is 9.83. The molecule has 0 aromatic heterocycles. The van der Waals surface area contributed by atoms with Crippen molar-refractivity contribution in [2.45, 2.75) is 0 Å². The summed E-state index contributed by atoms with van der Waals surface area (Å²) in [6.45, 7) is 0. The Balaban J connectivity index is -0.000000000556. The molecule has 0 aromatic carbocycles. The van der Waals surface area contributed by atoms with Crippen LogP contribution in [0.3, 0.4) is 0 Å². The van der Waals surface area contributed by atoms with Crippen molar-refractivity contribution in [2.75, 3.05) is 0 Å². The fourth-order valence-corrected chi connectivity index (χ4v) is 0. The Labute approximate surface area is 118 Å². The van der Waals surface area contributed by atoms with Gasteiger partial charge in [-0.3, -0.25) is 0 Å². The maximum absolute atomic E-state index is 4.26. The first kappa shape index (κ1) is 22.8. The number of rotatable bonds is 0. The zero-order chi connectivity index (χ0) is 2.71. The molecule has 0 aromatic rings. The van der Waals surface area contributed by atoms with Crippen molar-refractivity contribution in [3.8, 4) is 0 Å². The molecule has 0 spiro atoms. The van der Waals surface area contributed by atoms with Crippen LogP contribution in [-0.4, -0.2) is 83.8 Å². The molecule has 0 fully saturated rings. The molecular formula is H6CaCl2Mg2O. The second-order valence-corrected chi connectivity index (χ2v) is 0.525. The van der Waals surface area contributed by atoms with Gasteiger partial charge in [0, 0.05) is 0 Å². The van der Waals surface area contributed by atoms with E-state index in [0.29, 0.717) is 0 Å². The van der Waals surface area contributed by atoms with Gasteiger partial charge in [-0.05, 0) is 0 Å². The second-order valence-electron chi connectivity index (χ2n) is 0.0583. The van der Waals surface area contributed by atoms with E-state index in [9.17, 15) is 0 Å². The van der Waals surface area contributed by atoms with Gasteiger partial charge < -0.3 is 8.56 Å². The summed E-state index contributed by atoms with van der Waals surface area (Å²) in [4.78, 5) is 0. The Morgan fingerprint density at radius 1 is 1.17 bits per heavy atom. The molecular weight excluding hydrogens is 176 g/mol. The standard InChI is InChI=1S/Ca.Cl2O.2Mg.6H/c;1-3-2;;;;;;;;/q+2;;2*+2;6*-1. The van der Waals surface area contributed by atoms with E-state index in [1.165, 1.54) is 0 Å². The minimum absolute atomic E-state index is 0. The summed E-state index contributed by atoms with van der Waals surface area (Å²) in [5.41, 5.74) is 0. The molecule has 0 unspecified atom stereocenters. The molecule has 0 saturated heterocycles. The molecule has 0 N–H and O–H groups in total. The van der Waals surface area contributed by atoms with Crippen molar-refractivity contribution < 1.29 is 12.4 Å². The number of halogens is 2. The minimum atomic E-state index is 0. The molecule has 0 heterocycles. The predicted molar refractivity (Wildman–Crippen MR) is 36.7 cm³/mol. The summed E-state index contributed by atoms with van der Waals surface area (Å²) in [7, 11) is 0. The van der Waals surface area contributed by atoms with Gasteiger partial charge >= 0.3 is 83.8 Å². The molecule has 0 rings (SSSR count). The average Bonchev–Trinajstić information content (AvgIpc) is 0.918. The van der Waals surface area contributed by atoms with E-state index in [2.05, 4.69) is 27.6 Å². The van der Waals surface area contributed by atoms with Gasteiger partial charge in [-0.2, -0.15) is 3.84 Å². The van der Waals surface area contributed by atoms with E-state index >= 15 is 0 Å². The van der Waals surface area contributed by atoms with E-state index in [1.54, 1.807) is 0 Å². The molecule has 0 saturated carbocycles. The van der Waals surface area contributed by atoms with Gasteiger partial charge in [0.05, 0.1) is 23.7 Å². The maximum Gasteiger partial charge on any atom is 2.00 e. The Hall–Kier alpha value is 3.33. The van der Waals surface area contributed by atoms with Gasteiger partial charge in [-0.15, -0.1) is 0 Å². The molecule has 0 aliphatic heterocycles. The van der Waals surface area contributed by atoms with E-state index in [4.69, 9.17) is 0 Å². The molecule has 0 aliphatic rings. The molecule has 6 heavy (non-hydrogen) atoms. The largest absolute Gasteiger partial charge is 2.00 e. The van der Waals surface area contributed by atoms with Crippen LogP contribution in [0.4, 0.5) is 0 Å². The Morgan fingerprint density at radius 3 is 1.17 bits per heavy atom. The van der Waals surface area contributed by atoms with Crippen molar-refractivity contribution in [3.05, 3.63) is 0 Å². The van der Waals surface area contributed by atoms with Crippen molar-refractivity contribution in [2.24, 2.45) is 0 Å². The first-order valence-electron chi connectivity index (χ1n) is 0.309. The van der Waals surface area contributed by atoms with E-state index in [1.807, 2.05) is 0 Å². The third-order valence-corrected chi connectivity index (χ3v) is 0. The third-order valence-electron chi connectivity index (χ3n) is 0.